The molecule has 2 aromatic heterocycles. The van der Waals surface area contributed by atoms with Gasteiger partial charge >= 0.3 is 5.97 Å². The molecule has 0 spiro atoms. The molecule has 5 nitrogen and oxygen atoms in total. The molecular weight excluding hydrogens is 286 g/mol. The molecular formula is C15H17N3O2S. The molecule has 2 heterocycles. The van der Waals surface area contributed by atoms with Crippen LogP contribution in [-0.2, 0) is 0 Å². The van der Waals surface area contributed by atoms with Gasteiger partial charge in [-0.05, 0) is 49.7 Å². The second kappa shape index (κ2) is 6.22. The molecule has 6 heteroatoms. The van der Waals surface area contributed by atoms with Gasteiger partial charge in [-0.15, -0.1) is 0 Å². The lowest BCUT2D eigenvalue weighted by Gasteiger charge is -2.09. The first-order valence-electron chi connectivity index (χ1n) is 6.60. The Hall–Kier alpha value is -1.95. The average Bonchev–Trinajstić information content (AvgIpc) is 2.36. The van der Waals surface area contributed by atoms with Gasteiger partial charge in [0.2, 0.25) is 0 Å². The van der Waals surface area contributed by atoms with Gasteiger partial charge in [-0.3, -0.25) is 0 Å². The normalized spacial score (nSPS) is 10.9. The van der Waals surface area contributed by atoms with Gasteiger partial charge in [0.25, 0.3) is 0 Å². The van der Waals surface area contributed by atoms with E-state index in [-0.39, 0.29) is 11.5 Å². The van der Waals surface area contributed by atoms with E-state index < -0.39 is 5.97 Å². The summed E-state index contributed by atoms with van der Waals surface area (Å²) in [6.45, 7) is 7.77. The number of aromatic carboxylic acids is 1. The number of hydrogen-bond acceptors (Lipinski definition) is 5. The Morgan fingerprint density at radius 1 is 1.10 bits per heavy atom. The van der Waals surface area contributed by atoms with Gasteiger partial charge < -0.3 is 5.11 Å². The predicted octanol–water partition coefficient (Wildman–Crippen LogP) is 3.46. The summed E-state index contributed by atoms with van der Waals surface area (Å²) in [4.78, 5) is 24.4. The third-order valence-corrected chi connectivity index (χ3v) is 3.60. The summed E-state index contributed by atoms with van der Waals surface area (Å²) in [7, 11) is 0. The van der Waals surface area contributed by atoms with Crippen molar-refractivity contribution in [2.45, 2.75) is 43.8 Å². The second-order valence-electron chi connectivity index (χ2n) is 5.11. The number of carboxylic acid groups (broad SMARTS) is 1. The van der Waals surface area contributed by atoms with Crippen LogP contribution >= 0.6 is 11.8 Å². The van der Waals surface area contributed by atoms with Crippen LogP contribution in [0.1, 0.15) is 47.2 Å². The third kappa shape index (κ3) is 4.01. The fourth-order valence-electron chi connectivity index (χ4n) is 1.83. The van der Waals surface area contributed by atoms with E-state index in [2.05, 4.69) is 15.0 Å². The summed E-state index contributed by atoms with van der Waals surface area (Å²) in [6, 6.07) is 5.06. The van der Waals surface area contributed by atoms with Crippen LogP contribution in [0.15, 0.2) is 28.4 Å². The molecule has 0 bridgehead atoms. The van der Waals surface area contributed by atoms with Crippen molar-refractivity contribution < 1.29 is 9.90 Å². The number of carbonyl (C=O) groups is 1. The largest absolute Gasteiger partial charge is 0.478 e. The highest BCUT2D eigenvalue weighted by Crippen LogP contribution is 2.26. The molecule has 0 atom stereocenters. The molecule has 2 rings (SSSR count). The van der Waals surface area contributed by atoms with Gasteiger partial charge in [-0.25, -0.2) is 19.7 Å². The zero-order valence-corrected chi connectivity index (χ0v) is 13.2. The van der Waals surface area contributed by atoms with Crippen molar-refractivity contribution in [3.8, 4) is 0 Å². The van der Waals surface area contributed by atoms with Crippen LogP contribution in [0.5, 0.6) is 0 Å². The van der Waals surface area contributed by atoms with Crippen molar-refractivity contribution in [2.75, 3.05) is 0 Å². The molecule has 0 unspecified atom stereocenters. The Bertz CT molecular complexity index is 666. The lowest BCUT2D eigenvalue weighted by Crippen LogP contribution is -2.03. The smallest absolute Gasteiger partial charge is 0.335 e. The van der Waals surface area contributed by atoms with Crippen LogP contribution < -0.4 is 0 Å². The fraction of sp³-hybridized carbons (Fsp3) is 0.333. The number of nitrogens with zero attached hydrogens (tertiary/aromatic N) is 3. The van der Waals surface area contributed by atoms with Crippen LogP contribution in [0.3, 0.4) is 0 Å². The molecule has 2 aromatic rings. The maximum absolute atomic E-state index is 11.2. The van der Waals surface area contributed by atoms with Gasteiger partial charge in [0.1, 0.15) is 5.03 Å². The number of aryl methyl sites for hydroxylation is 2. The molecule has 0 saturated heterocycles. The molecule has 0 saturated carbocycles. The van der Waals surface area contributed by atoms with Crippen molar-refractivity contribution >= 4 is 17.7 Å². The summed E-state index contributed by atoms with van der Waals surface area (Å²) in [6.07, 6.45) is 0. The van der Waals surface area contributed by atoms with Crippen LogP contribution in [0, 0.1) is 13.8 Å². The first kappa shape index (κ1) is 15.4. The Morgan fingerprint density at radius 3 is 2.24 bits per heavy atom. The summed E-state index contributed by atoms with van der Waals surface area (Å²) in [5.41, 5.74) is 2.74. The molecule has 0 amide bonds. The van der Waals surface area contributed by atoms with E-state index in [1.807, 2.05) is 33.8 Å². The quantitative estimate of drug-likeness (QED) is 0.872. The van der Waals surface area contributed by atoms with E-state index in [4.69, 9.17) is 0 Å². The molecule has 0 aromatic carbocycles. The first-order chi connectivity index (χ1) is 9.85. The zero-order valence-electron chi connectivity index (χ0n) is 12.4. The van der Waals surface area contributed by atoms with Crippen LogP contribution in [0.2, 0.25) is 0 Å². The second-order valence-corrected chi connectivity index (χ2v) is 6.10. The van der Waals surface area contributed by atoms with Crippen molar-refractivity contribution in [3.05, 3.63) is 40.8 Å². The monoisotopic (exact) mass is 303 g/mol. The van der Waals surface area contributed by atoms with E-state index in [0.29, 0.717) is 10.2 Å². The predicted molar refractivity (Wildman–Crippen MR) is 80.9 cm³/mol. The molecule has 0 aliphatic carbocycles. The highest BCUT2D eigenvalue weighted by Gasteiger charge is 2.13. The van der Waals surface area contributed by atoms with Crippen molar-refractivity contribution in [1.29, 1.82) is 0 Å². The first-order valence-corrected chi connectivity index (χ1v) is 7.42. The fourth-order valence-corrected chi connectivity index (χ4v) is 2.73. The third-order valence-electron chi connectivity index (χ3n) is 2.82. The number of carboxylic acids is 1. The van der Waals surface area contributed by atoms with E-state index in [1.165, 1.54) is 11.8 Å². The minimum absolute atomic E-state index is 0.156. The lowest BCUT2D eigenvalue weighted by atomic mass is 10.1. The molecule has 21 heavy (non-hydrogen) atoms. The number of aromatic nitrogens is 3. The van der Waals surface area contributed by atoms with Gasteiger partial charge in [0, 0.05) is 17.1 Å². The summed E-state index contributed by atoms with van der Waals surface area (Å²) < 4.78 is 0. The minimum Gasteiger partial charge on any atom is -0.478 e. The number of rotatable bonds is 4. The van der Waals surface area contributed by atoms with Crippen molar-refractivity contribution in [3.63, 3.8) is 0 Å². The molecule has 110 valence electrons. The topological polar surface area (TPSA) is 76.0 Å². The Labute approximate surface area is 127 Å². The highest BCUT2D eigenvalue weighted by atomic mass is 32.2. The molecule has 0 fully saturated rings. The van der Waals surface area contributed by atoms with Crippen LogP contribution in [0.4, 0.5) is 0 Å². The van der Waals surface area contributed by atoms with E-state index >= 15 is 0 Å². The zero-order chi connectivity index (χ0) is 15.6. The Kier molecular flexibility index (Phi) is 4.57. The lowest BCUT2D eigenvalue weighted by molar-refractivity contribution is 0.0696. The summed E-state index contributed by atoms with van der Waals surface area (Å²) in [5, 5.41) is 10.4. The van der Waals surface area contributed by atoms with Gasteiger partial charge in [0.15, 0.2) is 5.16 Å². The van der Waals surface area contributed by atoms with E-state index in [1.54, 1.807) is 12.1 Å². The summed E-state index contributed by atoms with van der Waals surface area (Å²) >= 11 is 1.28. The van der Waals surface area contributed by atoms with Gasteiger partial charge in [-0.1, -0.05) is 13.8 Å². The summed E-state index contributed by atoms with van der Waals surface area (Å²) in [5.74, 6) is -0.800. The maximum atomic E-state index is 11.2. The average molecular weight is 303 g/mol. The van der Waals surface area contributed by atoms with E-state index in [9.17, 15) is 9.90 Å². The molecule has 0 aliphatic heterocycles. The van der Waals surface area contributed by atoms with Gasteiger partial charge in [-0.2, -0.15) is 0 Å². The van der Waals surface area contributed by atoms with Crippen molar-refractivity contribution in [2.24, 2.45) is 0 Å². The maximum Gasteiger partial charge on any atom is 0.335 e. The standard InChI is InChI=1S/C15H17N3O2S/c1-8(2)12-6-11(14(19)20)7-13(18-12)21-15-16-9(3)5-10(4)17-15/h5-8H,1-4H3,(H,19,20). The van der Waals surface area contributed by atoms with Crippen LogP contribution in [0.25, 0.3) is 0 Å². The number of pyridine rings is 1. The van der Waals surface area contributed by atoms with Gasteiger partial charge in [0.05, 0.1) is 5.56 Å². The van der Waals surface area contributed by atoms with Crippen molar-refractivity contribution in [1.82, 2.24) is 15.0 Å². The SMILES string of the molecule is Cc1cc(C)nc(Sc2cc(C(=O)O)cc(C(C)C)n2)n1. The van der Waals surface area contributed by atoms with E-state index in [0.717, 1.165) is 17.1 Å². The Balaban J connectivity index is 2.40. The molecule has 1 N–H and O–H groups in total. The minimum atomic E-state index is -0.956. The molecule has 0 aliphatic rings. The Morgan fingerprint density at radius 2 is 1.71 bits per heavy atom. The molecule has 0 radical (unpaired) electrons. The highest BCUT2D eigenvalue weighted by molar-refractivity contribution is 7.99. The van der Waals surface area contributed by atoms with Crippen LogP contribution in [-0.4, -0.2) is 26.0 Å². The number of hydrogen-bond donors (Lipinski definition) is 1.